The zero-order valence-electron chi connectivity index (χ0n) is 21.1. The molecule has 10 heteroatoms. The molecular formula is C29H27N3O7. The van der Waals surface area contributed by atoms with Crippen LogP contribution in [0.15, 0.2) is 66.7 Å². The van der Waals surface area contributed by atoms with Gasteiger partial charge in [0.15, 0.2) is 6.61 Å². The van der Waals surface area contributed by atoms with Crippen molar-refractivity contribution in [2.24, 2.45) is 0 Å². The van der Waals surface area contributed by atoms with Crippen molar-refractivity contribution in [1.82, 2.24) is 14.7 Å². The third-order valence-electron chi connectivity index (χ3n) is 7.14. The van der Waals surface area contributed by atoms with E-state index in [0.29, 0.717) is 31.9 Å². The molecule has 3 aromatic carbocycles. The molecule has 10 nitrogen and oxygen atoms in total. The van der Waals surface area contributed by atoms with Crippen LogP contribution in [0, 0.1) is 0 Å². The monoisotopic (exact) mass is 529 g/mol. The number of aliphatic carboxylic acids is 1. The zero-order valence-corrected chi connectivity index (χ0v) is 21.1. The first-order valence-corrected chi connectivity index (χ1v) is 12.7. The molecule has 4 amide bonds. The van der Waals surface area contributed by atoms with Crippen molar-refractivity contribution in [2.45, 2.75) is 18.9 Å². The van der Waals surface area contributed by atoms with Crippen LogP contribution >= 0.6 is 0 Å². The number of carbonyl (C=O) groups is 5. The number of imide groups is 1. The second-order valence-electron chi connectivity index (χ2n) is 9.45. The van der Waals surface area contributed by atoms with Crippen molar-refractivity contribution >= 4 is 40.4 Å². The first-order valence-electron chi connectivity index (χ1n) is 12.7. The number of hydrogen-bond donors (Lipinski definition) is 1. The summed E-state index contributed by atoms with van der Waals surface area (Å²) < 4.78 is 5.80. The molecule has 1 saturated heterocycles. The molecule has 0 radical (unpaired) electrons. The Bertz CT molecular complexity index is 1420. The molecule has 0 aliphatic carbocycles. The van der Waals surface area contributed by atoms with E-state index in [-0.39, 0.29) is 42.4 Å². The van der Waals surface area contributed by atoms with Gasteiger partial charge in [-0.3, -0.25) is 24.1 Å². The molecule has 0 spiro atoms. The molecule has 5 rings (SSSR count). The number of fused-ring (bicyclic) bond motifs is 2. The molecule has 0 bridgehead atoms. The summed E-state index contributed by atoms with van der Waals surface area (Å²) in [5, 5.41) is 11.7. The highest BCUT2D eigenvalue weighted by Gasteiger charge is 2.43. The molecule has 200 valence electrons. The second-order valence-corrected chi connectivity index (χ2v) is 9.45. The van der Waals surface area contributed by atoms with Gasteiger partial charge in [0, 0.05) is 38.0 Å². The Labute approximate surface area is 224 Å². The molecule has 1 atom stereocenters. The van der Waals surface area contributed by atoms with Crippen LogP contribution in [0.4, 0.5) is 0 Å². The zero-order chi connectivity index (χ0) is 27.5. The van der Waals surface area contributed by atoms with E-state index in [1.54, 1.807) is 21.9 Å². The summed E-state index contributed by atoms with van der Waals surface area (Å²) in [5.74, 6) is -2.55. The summed E-state index contributed by atoms with van der Waals surface area (Å²) in [6.07, 6.45) is -0.347. The average Bonchev–Trinajstić information content (AvgIpc) is 3.21. The molecule has 0 aromatic heterocycles. The van der Waals surface area contributed by atoms with Crippen LogP contribution in [-0.4, -0.2) is 88.2 Å². The molecule has 3 aromatic rings. The summed E-state index contributed by atoms with van der Waals surface area (Å²) in [4.78, 5) is 66.9. The molecule has 0 saturated carbocycles. The minimum Gasteiger partial charge on any atom is -0.483 e. The van der Waals surface area contributed by atoms with Gasteiger partial charge in [-0.05, 0) is 30.0 Å². The number of hydrogen-bond acceptors (Lipinski definition) is 6. The first kappa shape index (κ1) is 25.9. The van der Waals surface area contributed by atoms with Gasteiger partial charge in [0.05, 0.1) is 11.1 Å². The fraction of sp³-hybridized carbons (Fsp3) is 0.276. The molecular weight excluding hydrogens is 502 g/mol. The van der Waals surface area contributed by atoms with Crippen LogP contribution < -0.4 is 4.74 Å². The van der Waals surface area contributed by atoms with Crippen molar-refractivity contribution in [2.75, 3.05) is 32.8 Å². The van der Waals surface area contributed by atoms with E-state index < -0.39 is 23.8 Å². The van der Waals surface area contributed by atoms with E-state index in [1.807, 2.05) is 42.5 Å². The lowest BCUT2D eigenvalue weighted by atomic mass is 10.1. The number of carbonyl (C=O) groups excluding carboxylic acids is 4. The van der Waals surface area contributed by atoms with Gasteiger partial charge in [-0.1, -0.05) is 48.5 Å². The Morgan fingerprint density at radius 1 is 0.769 bits per heavy atom. The van der Waals surface area contributed by atoms with Crippen LogP contribution in [-0.2, 0) is 14.4 Å². The van der Waals surface area contributed by atoms with Gasteiger partial charge < -0.3 is 19.6 Å². The maximum absolute atomic E-state index is 12.8. The molecule has 0 unspecified atom stereocenters. The van der Waals surface area contributed by atoms with Crippen LogP contribution in [0.3, 0.4) is 0 Å². The lowest BCUT2D eigenvalue weighted by molar-refractivity contribution is -0.143. The minimum absolute atomic E-state index is 0.122. The highest BCUT2D eigenvalue weighted by Crippen LogP contribution is 2.27. The van der Waals surface area contributed by atoms with E-state index in [1.165, 1.54) is 12.1 Å². The number of amides is 4. The SMILES string of the molecule is O=C(O)[C@H](CCC(=O)N1CCN(C(=O)COc2cccc3ccccc23)CC1)N1C(=O)c2ccccc2C1=O. The quantitative estimate of drug-likeness (QED) is 0.445. The Kier molecular flexibility index (Phi) is 7.27. The number of carboxylic acid groups (broad SMARTS) is 1. The lowest BCUT2D eigenvalue weighted by Crippen LogP contribution is -2.52. The van der Waals surface area contributed by atoms with E-state index >= 15 is 0 Å². The number of rotatable bonds is 8. The van der Waals surface area contributed by atoms with Crippen molar-refractivity contribution in [3.05, 3.63) is 77.9 Å². The molecule has 1 fully saturated rings. The third-order valence-corrected chi connectivity index (χ3v) is 7.14. The Balaban J connectivity index is 1.12. The summed E-state index contributed by atoms with van der Waals surface area (Å²) in [6, 6.07) is 18.1. The van der Waals surface area contributed by atoms with Crippen LogP contribution in [0.2, 0.25) is 0 Å². The number of carboxylic acids is 1. The predicted octanol–water partition coefficient (Wildman–Crippen LogP) is 2.42. The number of benzene rings is 3. The number of ether oxygens (including phenoxy) is 1. The van der Waals surface area contributed by atoms with E-state index in [4.69, 9.17) is 4.74 Å². The summed E-state index contributed by atoms with van der Waals surface area (Å²) in [5.41, 5.74) is 0.315. The highest BCUT2D eigenvalue weighted by molar-refractivity contribution is 6.22. The number of piperazine rings is 1. The largest absolute Gasteiger partial charge is 0.483 e. The Hall–Kier alpha value is -4.73. The molecule has 1 N–H and O–H groups in total. The van der Waals surface area contributed by atoms with E-state index in [0.717, 1.165) is 15.7 Å². The van der Waals surface area contributed by atoms with Crippen molar-refractivity contribution in [3.63, 3.8) is 0 Å². The van der Waals surface area contributed by atoms with Gasteiger partial charge in [-0.15, -0.1) is 0 Å². The maximum Gasteiger partial charge on any atom is 0.326 e. The van der Waals surface area contributed by atoms with Gasteiger partial charge >= 0.3 is 5.97 Å². The summed E-state index contributed by atoms with van der Waals surface area (Å²) in [6.45, 7) is 1.12. The topological polar surface area (TPSA) is 125 Å². The molecule has 39 heavy (non-hydrogen) atoms. The second kappa shape index (κ2) is 10.9. The third kappa shape index (κ3) is 5.18. The Morgan fingerprint density at radius 3 is 1.97 bits per heavy atom. The van der Waals surface area contributed by atoms with E-state index in [9.17, 15) is 29.1 Å². The van der Waals surface area contributed by atoms with E-state index in [2.05, 4.69) is 0 Å². The summed E-state index contributed by atoms with van der Waals surface area (Å²) in [7, 11) is 0. The average molecular weight is 530 g/mol. The lowest BCUT2D eigenvalue weighted by Gasteiger charge is -2.35. The molecule has 2 aliphatic rings. The smallest absolute Gasteiger partial charge is 0.326 e. The van der Waals surface area contributed by atoms with Crippen LogP contribution in [0.25, 0.3) is 10.8 Å². The first-order chi connectivity index (χ1) is 18.8. The van der Waals surface area contributed by atoms with Gasteiger partial charge in [0.1, 0.15) is 11.8 Å². The normalized spacial score (nSPS) is 15.8. The van der Waals surface area contributed by atoms with Crippen molar-refractivity contribution in [3.8, 4) is 5.75 Å². The Morgan fingerprint density at radius 2 is 1.33 bits per heavy atom. The maximum atomic E-state index is 12.8. The molecule has 2 aliphatic heterocycles. The fourth-order valence-corrected chi connectivity index (χ4v) is 5.03. The van der Waals surface area contributed by atoms with Crippen LogP contribution in [0.5, 0.6) is 5.75 Å². The standard InChI is InChI=1S/C29H27N3O7/c33-25(13-12-23(29(37)38)32-27(35)21-9-3-4-10-22(21)28(32)36)30-14-16-31(17-15-30)26(34)18-39-24-11-5-7-19-6-1-2-8-20(19)24/h1-11,23H,12-18H2,(H,37,38)/t23-/m0/s1. The highest BCUT2D eigenvalue weighted by atomic mass is 16.5. The minimum atomic E-state index is -1.45. The van der Waals surface area contributed by atoms with Crippen molar-refractivity contribution in [1.29, 1.82) is 0 Å². The fourth-order valence-electron chi connectivity index (χ4n) is 5.03. The van der Waals surface area contributed by atoms with Gasteiger partial charge in [0.2, 0.25) is 5.91 Å². The summed E-state index contributed by atoms with van der Waals surface area (Å²) >= 11 is 0. The van der Waals surface area contributed by atoms with Gasteiger partial charge in [-0.25, -0.2) is 4.79 Å². The number of nitrogens with zero attached hydrogens (tertiary/aromatic N) is 3. The van der Waals surface area contributed by atoms with Gasteiger partial charge in [-0.2, -0.15) is 0 Å². The van der Waals surface area contributed by atoms with Crippen molar-refractivity contribution < 1.29 is 33.8 Å². The van der Waals surface area contributed by atoms with Crippen LogP contribution in [0.1, 0.15) is 33.6 Å². The van der Waals surface area contributed by atoms with Gasteiger partial charge in [0.25, 0.3) is 17.7 Å². The predicted molar refractivity (Wildman–Crippen MR) is 140 cm³/mol. The molecule has 2 heterocycles.